The molecule has 0 atom stereocenters. The summed E-state index contributed by atoms with van der Waals surface area (Å²) < 4.78 is 0. The Kier molecular flexibility index (Phi) is 5.95. The van der Waals surface area contributed by atoms with Crippen molar-refractivity contribution < 1.29 is 9.90 Å². The molecule has 2 rings (SSSR count). The van der Waals surface area contributed by atoms with Crippen LogP contribution in [-0.2, 0) is 6.42 Å². The number of carbonyl (C=O) groups excluding carboxylic acids is 1. The Morgan fingerprint density at radius 1 is 1.43 bits per heavy atom. The number of rotatable bonds is 5. The van der Waals surface area contributed by atoms with Gasteiger partial charge < -0.3 is 10.4 Å². The van der Waals surface area contributed by atoms with E-state index in [9.17, 15) is 4.79 Å². The normalized spacial score (nSPS) is 9.76. The molecule has 2 heterocycles. The van der Waals surface area contributed by atoms with Gasteiger partial charge in [-0.2, -0.15) is 11.3 Å². The maximum atomic E-state index is 12.2. The van der Waals surface area contributed by atoms with E-state index in [1.54, 1.807) is 29.8 Å². The molecule has 0 aromatic carbocycles. The predicted octanol–water partition coefficient (Wildman–Crippen LogP) is 1.85. The molecule has 108 valence electrons. The zero-order chi connectivity index (χ0) is 14.9. The summed E-state index contributed by atoms with van der Waals surface area (Å²) in [5.41, 5.74) is 2.32. The van der Waals surface area contributed by atoms with E-state index in [4.69, 9.17) is 5.11 Å². The minimum Gasteiger partial charge on any atom is -0.395 e. The van der Waals surface area contributed by atoms with Crippen molar-refractivity contribution in [2.24, 2.45) is 0 Å². The maximum Gasteiger partial charge on any atom is 0.252 e. The predicted molar refractivity (Wildman–Crippen MR) is 83.2 cm³/mol. The number of aromatic nitrogens is 1. The van der Waals surface area contributed by atoms with Gasteiger partial charge >= 0.3 is 0 Å². The molecule has 2 N–H and O–H groups in total. The van der Waals surface area contributed by atoms with Crippen LogP contribution in [0.4, 0.5) is 0 Å². The maximum absolute atomic E-state index is 12.2. The molecule has 0 aliphatic heterocycles. The molecule has 0 saturated heterocycles. The second-order valence-corrected chi connectivity index (χ2v) is 5.11. The van der Waals surface area contributed by atoms with E-state index in [0.717, 1.165) is 6.42 Å². The highest BCUT2D eigenvalue weighted by molar-refractivity contribution is 7.07. The molecule has 0 aliphatic rings. The highest BCUT2D eigenvalue weighted by Gasteiger charge is 2.09. The molecule has 0 bridgehead atoms. The van der Waals surface area contributed by atoms with Gasteiger partial charge in [0.15, 0.2) is 0 Å². The molecule has 2 aromatic rings. The molecule has 21 heavy (non-hydrogen) atoms. The lowest BCUT2D eigenvalue weighted by molar-refractivity contribution is 0.0954. The van der Waals surface area contributed by atoms with E-state index in [-0.39, 0.29) is 12.5 Å². The summed E-state index contributed by atoms with van der Waals surface area (Å²) in [5, 5.41) is 15.7. The first-order valence-electron chi connectivity index (χ1n) is 6.64. The second kappa shape index (κ2) is 8.20. The fourth-order valence-corrected chi connectivity index (χ4v) is 2.46. The number of nitrogens with zero attached hydrogens (tertiary/aromatic N) is 1. The Balaban J connectivity index is 1.97. The quantitative estimate of drug-likeness (QED) is 0.828. The van der Waals surface area contributed by atoms with Crippen molar-refractivity contribution in [3.63, 3.8) is 0 Å². The van der Waals surface area contributed by atoms with E-state index in [0.29, 0.717) is 24.1 Å². The minimum atomic E-state index is -0.152. The Morgan fingerprint density at radius 2 is 2.33 bits per heavy atom. The number of thiophene rings is 1. The molecular formula is C16H16N2O2S. The van der Waals surface area contributed by atoms with Crippen LogP contribution in [0.15, 0.2) is 35.3 Å². The number of amides is 1. The third kappa shape index (κ3) is 4.71. The SMILES string of the molecule is O=C(NCCc1ccsc1)c1ccncc1C#CCCO. The molecular weight excluding hydrogens is 284 g/mol. The average molecular weight is 300 g/mol. The third-order valence-corrected chi connectivity index (χ3v) is 3.54. The summed E-state index contributed by atoms with van der Waals surface area (Å²) >= 11 is 1.65. The third-order valence-electron chi connectivity index (χ3n) is 2.80. The smallest absolute Gasteiger partial charge is 0.252 e. The van der Waals surface area contributed by atoms with Gasteiger partial charge in [0.05, 0.1) is 17.7 Å². The van der Waals surface area contributed by atoms with Crippen molar-refractivity contribution >= 4 is 17.2 Å². The lowest BCUT2D eigenvalue weighted by atomic mass is 10.1. The first kappa shape index (κ1) is 15.2. The van der Waals surface area contributed by atoms with E-state index < -0.39 is 0 Å². The van der Waals surface area contributed by atoms with E-state index in [2.05, 4.69) is 33.6 Å². The van der Waals surface area contributed by atoms with E-state index in [1.165, 1.54) is 5.56 Å². The minimum absolute atomic E-state index is 0.00936. The van der Waals surface area contributed by atoms with Crippen LogP contribution in [0.1, 0.15) is 27.9 Å². The Morgan fingerprint density at radius 3 is 3.10 bits per heavy atom. The largest absolute Gasteiger partial charge is 0.395 e. The fourth-order valence-electron chi connectivity index (χ4n) is 1.76. The zero-order valence-electron chi connectivity index (χ0n) is 11.5. The van der Waals surface area contributed by atoms with Crippen LogP contribution in [0.25, 0.3) is 0 Å². The summed E-state index contributed by atoms with van der Waals surface area (Å²) in [5.74, 6) is 5.52. The van der Waals surface area contributed by atoms with Gasteiger partial charge in [0, 0.05) is 25.4 Å². The van der Waals surface area contributed by atoms with Crippen LogP contribution in [0.2, 0.25) is 0 Å². The van der Waals surface area contributed by atoms with Gasteiger partial charge in [-0.1, -0.05) is 11.8 Å². The second-order valence-electron chi connectivity index (χ2n) is 4.33. The van der Waals surface area contributed by atoms with Crippen molar-refractivity contribution in [3.05, 3.63) is 52.0 Å². The topological polar surface area (TPSA) is 62.2 Å². The molecule has 0 saturated carbocycles. The number of aliphatic hydroxyl groups excluding tert-OH is 1. The van der Waals surface area contributed by atoms with Gasteiger partial charge in [-0.05, 0) is 34.9 Å². The standard InChI is InChI=1S/C16H16N2O2S/c19-9-2-1-3-14-11-17-7-5-15(14)16(20)18-8-4-13-6-10-21-12-13/h5-7,10-12,19H,2,4,8-9H2,(H,18,20). The van der Waals surface area contributed by atoms with Crippen molar-refractivity contribution in [1.29, 1.82) is 0 Å². The van der Waals surface area contributed by atoms with Crippen molar-refractivity contribution in [3.8, 4) is 11.8 Å². The number of aliphatic hydroxyl groups is 1. The zero-order valence-corrected chi connectivity index (χ0v) is 12.3. The summed E-state index contributed by atoms with van der Waals surface area (Å²) in [6.07, 6.45) is 4.34. The molecule has 2 aromatic heterocycles. The monoisotopic (exact) mass is 300 g/mol. The first-order chi connectivity index (χ1) is 10.3. The molecule has 5 heteroatoms. The van der Waals surface area contributed by atoms with Gasteiger partial charge in [0.1, 0.15) is 0 Å². The number of carbonyl (C=O) groups is 1. The number of hydrogen-bond donors (Lipinski definition) is 2. The molecule has 0 fully saturated rings. The average Bonchev–Trinajstić information content (AvgIpc) is 3.01. The van der Waals surface area contributed by atoms with Gasteiger partial charge in [-0.15, -0.1) is 0 Å². The van der Waals surface area contributed by atoms with Gasteiger partial charge in [-0.25, -0.2) is 0 Å². The molecule has 0 aliphatic carbocycles. The first-order valence-corrected chi connectivity index (χ1v) is 7.58. The summed E-state index contributed by atoms with van der Waals surface area (Å²) in [6, 6.07) is 3.71. The van der Waals surface area contributed by atoms with E-state index >= 15 is 0 Å². The van der Waals surface area contributed by atoms with Crippen LogP contribution in [-0.4, -0.2) is 29.1 Å². The number of nitrogens with one attached hydrogen (secondary N) is 1. The lowest BCUT2D eigenvalue weighted by Crippen LogP contribution is -2.26. The Hall–Kier alpha value is -2.16. The molecule has 1 amide bonds. The van der Waals surface area contributed by atoms with E-state index in [1.807, 2.05) is 5.38 Å². The number of hydrogen-bond acceptors (Lipinski definition) is 4. The molecule has 0 spiro atoms. The van der Waals surface area contributed by atoms with Gasteiger partial charge in [-0.3, -0.25) is 9.78 Å². The Labute approximate surface area is 127 Å². The molecule has 4 nitrogen and oxygen atoms in total. The van der Waals surface area contributed by atoms with Crippen molar-refractivity contribution in [2.75, 3.05) is 13.2 Å². The summed E-state index contributed by atoms with van der Waals surface area (Å²) in [6.45, 7) is 0.594. The van der Waals surface area contributed by atoms with Crippen molar-refractivity contribution in [1.82, 2.24) is 10.3 Å². The summed E-state index contributed by atoms with van der Waals surface area (Å²) in [7, 11) is 0. The van der Waals surface area contributed by atoms with Crippen molar-refractivity contribution in [2.45, 2.75) is 12.8 Å². The van der Waals surface area contributed by atoms with Crippen LogP contribution >= 0.6 is 11.3 Å². The van der Waals surface area contributed by atoms with Crippen LogP contribution in [0.3, 0.4) is 0 Å². The molecule has 0 radical (unpaired) electrons. The van der Waals surface area contributed by atoms with Crippen LogP contribution in [0.5, 0.6) is 0 Å². The fraction of sp³-hybridized carbons (Fsp3) is 0.250. The summed E-state index contributed by atoms with van der Waals surface area (Å²) in [4.78, 5) is 16.2. The van der Waals surface area contributed by atoms with Gasteiger partial charge in [0.25, 0.3) is 5.91 Å². The Bertz CT molecular complexity index is 642. The lowest BCUT2D eigenvalue weighted by Gasteiger charge is -2.06. The number of pyridine rings is 1. The highest BCUT2D eigenvalue weighted by Crippen LogP contribution is 2.07. The molecule has 0 unspecified atom stereocenters. The van der Waals surface area contributed by atoms with Crippen LogP contribution in [0, 0.1) is 11.8 Å². The van der Waals surface area contributed by atoms with Gasteiger partial charge in [0.2, 0.25) is 0 Å². The van der Waals surface area contributed by atoms with Crippen LogP contribution < -0.4 is 5.32 Å². The highest BCUT2D eigenvalue weighted by atomic mass is 32.1.